The molecule has 1 fully saturated rings. The molecule has 3 nitrogen and oxygen atoms in total. The Balaban J connectivity index is 0.00000180. The van der Waals surface area contributed by atoms with Gasteiger partial charge in [0.25, 0.3) is 0 Å². The Morgan fingerprint density at radius 2 is 1.89 bits per heavy atom. The number of benzene rings is 1. The molecule has 1 aliphatic rings. The largest absolute Gasteiger partial charge is 0.481 e. The molecule has 1 heterocycles. The lowest BCUT2D eigenvalue weighted by Crippen LogP contribution is -2.35. The van der Waals surface area contributed by atoms with Crippen molar-refractivity contribution in [2.75, 3.05) is 13.1 Å². The lowest BCUT2D eigenvalue weighted by molar-refractivity contribution is -0.143. The molecule has 0 spiro atoms. The molecular formula is C13H16ClF2NO2. The van der Waals surface area contributed by atoms with Crippen molar-refractivity contribution in [3.8, 4) is 0 Å². The minimum Gasteiger partial charge on any atom is -0.481 e. The van der Waals surface area contributed by atoms with Gasteiger partial charge in [0, 0.05) is 6.54 Å². The van der Waals surface area contributed by atoms with Gasteiger partial charge in [-0.15, -0.1) is 12.4 Å². The molecule has 0 aliphatic carbocycles. The molecule has 6 heteroatoms. The van der Waals surface area contributed by atoms with Crippen LogP contribution in [0.25, 0.3) is 0 Å². The maximum Gasteiger partial charge on any atom is 0.306 e. The maximum atomic E-state index is 13.0. The molecule has 0 unspecified atom stereocenters. The van der Waals surface area contributed by atoms with E-state index in [9.17, 15) is 13.6 Å². The number of aliphatic carboxylic acids is 1. The van der Waals surface area contributed by atoms with Crippen molar-refractivity contribution in [1.82, 2.24) is 4.90 Å². The van der Waals surface area contributed by atoms with E-state index < -0.39 is 17.6 Å². The van der Waals surface area contributed by atoms with Crippen LogP contribution in [0, 0.1) is 17.6 Å². The van der Waals surface area contributed by atoms with Crippen LogP contribution in [0.5, 0.6) is 0 Å². The van der Waals surface area contributed by atoms with Crippen molar-refractivity contribution < 1.29 is 18.7 Å². The third-order valence-electron chi connectivity index (χ3n) is 3.33. The first-order valence-corrected chi connectivity index (χ1v) is 5.95. The van der Waals surface area contributed by atoms with Gasteiger partial charge in [-0.1, -0.05) is 6.07 Å². The number of hydrogen-bond donors (Lipinski definition) is 1. The van der Waals surface area contributed by atoms with Gasteiger partial charge in [-0.3, -0.25) is 9.69 Å². The van der Waals surface area contributed by atoms with E-state index in [1.54, 1.807) is 6.07 Å². The van der Waals surface area contributed by atoms with Crippen LogP contribution in [-0.2, 0) is 11.3 Å². The minimum atomic E-state index is -0.844. The summed E-state index contributed by atoms with van der Waals surface area (Å²) in [5.41, 5.74) is 0.711. The summed E-state index contributed by atoms with van der Waals surface area (Å²) in [7, 11) is 0. The second-order valence-electron chi connectivity index (χ2n) is 4.64. The molecule has 1 aliphatic heterocycles. The van der Waals surface area contributed by atoms with Crippen LogP contribution in [0.2, 0.25) is 0 Å². The molecule has 0 saturated carbocycles. The first-order valence-electron chi connectivity index (χ1n) is 5.95. The lowest BCUT2D eigenvalue weighted by Gasteiger charge is -2.29. The third kappa shape index (κ3) is 4.14. The molecule has 0 aromatic heterocycles. The molecule has 2 rings (SSSR count). The highest BCUT2D eigenvalue weighted by Gasteiger charge is 2.24. The van der Waals surface area contributed by atoms with Crippen molar-refractivity contribution in [3.05, 3.63) is 35.4 Å². The summed E-state index contributed by atoms with van der Waals surface area (Å²) in [4.78, 5) is 12.9. The van der Waals surface area contributed by atoms with Crippen LogP contribution in [0.4, 0.5) is 8.78 Å². The highest BCUT2D eigenvalue weighted by Crippen LogP contribution is 2.19. The number of hydrogen-bond acceptors (Lipinski definition) is 2. The first-order chi connectivity index (χ1) is 8.56. The summed E-state index contributed by atoms with van der Waals surface area (Å²) in [5, 5.41) is 8.87. The highest BCUT2D eigenvalue weighted by molar-refractivity contribution is 5.85. The summed E-state index contributed by atoms with van der Waals surface area (Å²) < 4.78 is 25.8. The number of carboxylic acid groups (broad SMARTS) is 1. The van der Waals surface area contributed by atoms with Gasteiger partial charge in [0.15, 0.2) is 11.6 Å². The molecule has 1 N–H and O–H groups in total. The topological polar surface area (TPSA) is 40.5 Å². The number of carbonyl (C=O) groups is 1. The monoisotopic (exact) mass is 291 g/mol. The predicted molar refractivity (Wildman–Crippen MR) is 69.2 cm³/mol. The Kier molecular flexibility index (Phi) is 5.69. The average molecular weight is 292 g/mol. The van der Waals surface area contributed by atoms with Crippen LogP contribution in [-0.4, -0.2) is 29.1 Å². The Morgan fingerprint density at radius 3 is 2.42 bits per heavy atom. The number of likely N-dealkylation sites (tertiary alicyclic amines) is 1. The molecular weight excluding hydrogens is 276 g/mol. The van der Waals surface area contributed by atoms with Gasteiger partial charge in [0.2, 0.25) is 0 Å². The van der Waals surface area contributed by atoms with Gasteiger partial charge in [0.1, 0.15) is 0 Å². The number of carboxylic acids is 1. The van der Waals surface area contributed by atoms with Crippen LogP contribution in [0.15, 0.2) is 18.2 Å². The Morgan fingerprint density at radius 1 is 1.26 bits per heavy atom. The fraction of sp³-hybridized carbons (Fsp3) is 0.462. The first kappa shape index (κ1) is 15.9. The Bertz CT molecular complexity index is 448. The second kappa shape index (κ2) is 6.82. The molecule has 1 aromatic rings. The van der Waals surface area contributed by atoms with Gasteiger partial charge in [-0.05, 0) is 43.6 Å². The summed E-state index contributed by atoms with van der Waals surface area (Å²) in [6, 6.07) is 3.87. The summed E-state index contributed by atoms with van der Waals surface area (Å²) >= 11 is 0. The van der Waals surface area contributed by atoms with Crippen molar-refractivity contribution >= 4 is 18.4 Å². The van der Waals surface area contributed by atoms with Gasteiger partial charge in [-0.2, -0.15) is 0 Å². The molecule has 0 amide bonds. The summed E-state index contributed by atoms with van der Waals surface area (Å²) in [6.07, 6.45) is 1.22. The maximum absolute atomic E-state index is 13.0. The van der Waals surface area contributed by atoms with Crippen LogP contribution < -0.4 is 0 Å². The van der Waals surface area contributed by atoms with Crippen molar-refractivity contribution in [1.29, 1.82) is 0 Å². The fourth-order valence-corrected chi connectivity index (χ4v) is 2.23. The zero-order chi connectivity index (χ0) is 13.1. The van der Waals surface area contributed by atoms with Crippen molar-refractivity contribution in [3.63, 3.8) is 0 Å². The molecule has 1 saturated heterocycles. The zero-order valence-electron chi connectivity index (χ0n) is 10.3. The summed E-state index contributed by atoms with van der Waals surface area (Å²) in [6.45, 7) is 1.88. The number of halogens is 3. The van der Waals surface area contributed by atoms with Crippen LogP contribution >= 0.6 is 12.4 Å². The highest BCUT2D eigenvalue weighted by atomic mass is 35.5. The molecule has 0 bridgehead atoms. The molecule has 19 heavy (non-hydrogen) atoms. The quantitative estimate of drug-likeness (QED) is 0.931. The van der Waals surface area contributed by atoms with E-state index in [-0.39, 0.29) is 18.3 Å². The smallest absolute Gasteiger partial charge is 0.306 e. The lowest BCUT2D eigenvalue weighted by atomic mass is 9.97. The van der Waals surface area contributed by atoms with E-state index in [1.807, 2.05) is 0 Å². The van der Waals surface area contributed by atoms with Crippen LogP contribution in [0.1, 0.15) is 18.4 Å². The van der Waals surface area contributed by atoms with E-state index in [0.29, 0.717) is 38.0 Å². The van der Waals surface area contributed by atoms with E-state index in [4.69, 9.17) is 5.11 Å². The Labute approximate surface area is 116 Å². The van der Waals surface area contributed by atoms with E-state index in [2.05, 4.69) is 4.90 Å². The molecule has 1 aromatic carbocycles. The number of nitrogens with zero attached hydrogens (tertiary/aromatic N) is 1. The zero-order valence-corrected chi connectivity index (χ0v) is 11.1. The SMILES string of the molecule is Cl.O=C(O)C1CCN(Cc2ccc(F)c(F)c2)CC1. The summed E-state index contributed by atoms with van der Waals surface area (Å²) in [5.74, 6) is -2.70. The van der Waals surface area contributed by atoms with Crippen molar-refractivity contribution in [2.24, 2.45) is 5.92 Å². The van der Waals surface area contributed by atoms with E-state index in [0.717, 1.165) is 6.07 Å². The molecule has 0 radical (unpaired) electrons. The fourth-order valence-electron chi connectivity index (χ4n) is 2.23. The normalized spacial score (nSPS) is 16.9. The second-order valence-corrected chi connectivity index (χ2v) is 4.64. The van der Waals surface area contributed by atoms with Gasteiger partial charge < -0.3 is 5.11 Å². The van der Waals surface area contributed by atoms with Crippen LogP contribution in [0.3, 0.4) is 0 Å². The standard InChI is InChI=1S/C13H15F2NO2.ClH/c14-11-2-1-9(7-12(11)15)8-16-5-3-10(4-6-16)13(17)18;/h1-2,7,10H,3-6,8H2,(H,17,18);1H. The minimum absolute atomic E-state index is 0. The van der Waals surface area contributed by atoms with Gasteiger partial charge >= 0.3 is 5.97 Å². The van der Waals surface area contributed by atoms with E-state index >= 15 is 0 Å². The van der Waals surface area contributed by atoms with Gasteiger partial charge in [-0.25, -0.2) is 8.78 Å². The average Bonchev–Trinajstić information content (AvgIpc) is 2.34. The van der Waals surface area contributed by atoms with E-state index in [1.165, 1.54) is 6.07 Å². The number of piperidine rings is 1. The third-order valence-corrected chi connectivity index (χ3v) is 3.33. The van der Waals surface area contributed by atoms with Gasteiger partial charge in [0.05, 0.1) is 5.92 Å². The Hall–Kier alpha value is -1.20. The number of rotatable bonds is 3. The molecule has 0 atom stereocenters. The molecule has 106 valence electrons. The van der Waals surface area contributed by atoms with Crippen molar-refractivity contribution in [2.45, 2.75) is 19.4 Å². The predicted octanol–water partition coefficient (Wildman–Crippen LogP) is 2.68.